The monoisotopic (exact) mass is 231 g/mol. The molecule has 0 saturated carbocycles. The van der Waals surface area contributed by atoms with Gasteiger partial charge in [0.05, 0.1) is 5.56 Å². The Morgan fingerprint density at radius 1 is 1.18 bits per heavy atom. The summed E-state index contributed by atoms with van der Waals surface area (Å²) in [5, 5.41) is 28.5. The van der Waals surface area contributed by atoms with Crippen LogP contribution in [0, 0.1) is 0 Å². The van der Waals surface area contributed by atoms with Gasteiger partial charge in [0.15, 0.2) is 17.3 Å². The van der Waals surface area contributed by atoms with Gasteiger partial charge >= 0.3 is 0 Å². The number of benzene rings is 1. The number of rotatable bonds is 2. The van der Waals surface area contributed by atoms with E-state index in [4.69, 9.17) is 0 Å². The van der Waals surface area contributed by atoms with Crippen LogP contribution in [0.3, 0.4) is 0 Å². The maximum atomic E-state index is 11.7. The fourth-order valence-electron chi connectivity index (χ4n) is 1.27. The van der Waals surface area contributed by atoms with E-state index in [1.54, 1.807) is 12.1 Å². The second kappa shape index (κ2) is 4.48. The van der Waals surface area contributed by atoms with Crippen LogP contribution >= 0.6 is 0 Å². The molecule has 86 valence electrons. The Kier molecular flexibility index (Phi) is 2.87. The number of amides is 1. The molecule has 0 radical (unpaired) electrons. The molecule has 2 aromatic rings. The first-order valence-corrected chi connectivity index (χ1v) is 4.78. The third-order valence-corrected chi connectivity index (χ3v) is 2.07. The maximum Gasteiger partial charge on any atom is 0.260 e. The number of hydrogen-bond donors (Lipinski definition) is 3. The molecule has 1 aromatic heterocycles. The third kappa shape index (κ3) is 2.31. The van der Waals surface area contributed by atoms with Gasteiger partial charge in [-0.2, -0.15) is 5.10 Å². The number of phenols is 2. The van der Waals surface area contributed by atoms with E-state index in [1.165, 1.54) is 24.4 Å². The number of aromatic hydroxyl groups is 2. The van der Waals surface area contributed by atoms with Crippen molar-refractivity contribution in [1.82, 2.24) is 10.2 Å². The van der Waals surface area contributed by atoms with Crippen molar-refractivity contribution in [3.8, 4) is 11.5 Å². The van der Waals surface area contributed by atoms with Gasteiger partial charge in [0.1, 0.15) is 0 Å². The van der Waals surface area contributed by atoms with Gasteiger partial charge in [-0.15, -0.1) is 5.10 Å². The molecule has 1 amide bonds. The Labute approximate surface area is 96.6 Å². The van der Waals surface area contributed by atoms with Gasteiger partial charge in [-0.1, -0.05) is 6.07 Å². The number of phenolic OH excluding ortho intramolecular Hbond substituents is 2. The maximum absolute atomic E-state index is 11.7. The van der Waals surface area contributed by atoms with Crippen LogP contribution in [0.25, 0.3) is 0 Å². The predicted molar refractivity (Wildman–Crippen MR) is 59.8 cm³/mol. The summed E-state index contributed by atoms with van der Waals surface area (Å²) in [6.45, 7) is 0. The van der Waals surface area contributed by atoms with Crippen LogP contribution in [0.4, 0.5) is 5.82 Å². The van der Waals surface area contributed by atoms with E-state index in [0.717, 1.165) is 0 Å². The van der Waals surface area contributed by atoms with E-state index in [2.05, 4.69) is 15.5 Å². The van der Waals surface area contributed by atoms with E-state index < -0.39 is 11.7 Å². The molecule has 0 aliphatic rings. The van der Waals surface area contributed by atoms with Crippen LogP contribution in [-0.2, 0) is 0 Å². The van der Waals surface area contributed by atoms with Crippen molar-refractivity contribution < 1.29 is 15.0 Å². The van der Waals surface area contributed by atoms with Gasteiger partial charge in [0.2, 0.25) is 0 Å². The summed E-state index contributed by atoms with van der Waals surface area (Å²) >= 11 is 0. The van der Waals surface area contributed by atoms with Crippen molar-refractivity contribution in [3.05, 3.63) is 42.1 Å². The van der Waals surface area contributed by atoms with Crippen LogP contribution in [0.2, 0.25) is 0 Å². The quantitative estimate of drug-likeness (QED) is 0.673. The highest BCUT2D eigenvalue weighted by molar-refractivity contribution is 6.06. The first kappa shape index (κ1) is 10.9. The van der Waals surface area contributed by atoms with E-state index in [0.29, 0.717) is 0 Å². The first-order chi connectivity index (χ1) is 8.18. The molecule has 0 bridgehead atoms. The average molecular weight is 231 g/mol. The minimum atomic E-state index is -0.570. The van der Waals surface area contributed by atoms with Crippen LogP contribution in [0.1, 0.15) is 10.4 Å². The minimum absolute atomic E-state index is 0.0318. The van der Waals surface area contributed by atoms with Crippen molar-refractivity contribution in [2.24, 2.45) is 0 Å². The highest BCUT2D eigenvalue weighted by Crippen LogP contribution is 2.28. The van der Waals surface area contributed by atoms with Crippen LogP contribution in [0.5, 0.6) is 11.5 Å². The Morgan fingerprint density at radius 2 is 2.00 bits per heavy atom. The number of nitrogens with one attached hydrogen (secondary N) is 1. The zero-order valence-electron chi connectivity index (χ0n) is 8.66. The molecule has 2 rings (SSSR count). The molecule has 0 spiro atoms. The molecular weight excluding hydrogens is 222 g/mol. The van der Waals surface area contributed by atoms with E-state index >= 15 is 0 Å². The summed E-state index contributed by atoms with van der Waals surface area (Å²) < 4.78 is 0. The lowest BCUT2D eigenvalue weighted by atomic mass is 10.1. The average Bonchev–Trinajstić information content (AvgIpc) is 2.34. The van der Waals surface area contributed by atoms with Gasteiger partial charge < -0.3 is 15.5 Å². The Hall–Kier alpha value is -2.63. The van der Waals surface area contributed by atoms with Crippen molar-refractivity contribution in [2.45, 2.75) is 0 Å². The lowest BCUT2D eigenvalue weighted by Crippen LogP contribution is -2.13. The molecule has 17 heavy (non-hydrogen) atoms. The Balaban J connectivity index is 2.24. The van der Waals surface area contributed by atoms with E-state index in [-0.39, 0.29) is 17.1 Å². The summed E-state index contributed by atoms with van der Waals surface area (Å²) in [6.07, 6.45) is 1.47. The molecule has 0 unspecified atom stereocenters. The van der Waals surface area contributed by atoms with Gasteiger partial charge in [0, 0.05) is 6.20 Å². The first-order valence-electron chi connectivity index (χ1n) is 4.78. The Bertz CT molecular complexity index is 543. The van der Waals surface area contributed by atoms with Crippen LogP contribution < -0.4 is 5.32 Å². The SMILES string of the molecule is O=C(Nc1cccnn1)c1cccc(O)c1O. The fourth-order valence-corrected chi connectivity index (χ4v) is 1.27. The number of para-hydroxylation sites is 1. The summed E-state index contributed by atoms with van der Waals surface area (Å²) in [6, 6.07) is 7.31. The number of carbonyl (C=O) groups is 1. The van der Waals surface area contributed by atoms with Gasteiger partial charge in [0.25, 0.3) is 5.91 Å². The number of carbonyl (C=O) groups excluding carboxylic acids is 1. The highest BCUT2D eigenvalue weighted by Gasteiger charge is 2.14. The molecule has 6 heteroatoms. The smallest absolute Gasteiger partial charge is 0.260 e. The number of hydrogen-bond acceptors (Lipinski definition) is 5. The van der Waals surface area contributed by atoms with Gasteiger partial charge in [-0.3, -0.25) is 4.79 Å². The molecule has 6 nitrogen and oxygen atoms in total. The number of aromatic nitrogens is 2. The summed E-state index contributed by atoms with van der Waals surface area (Å²) in [4.78, 5) is 11.7. The fraction of sp³-hybridized carbons (Fsp3) is 0. The molecule has 0 atom stereocenters. The van der Waals surface area contributed by atoms with Crippen LogP contribution in [0.15, 0.2) is 36.5 Å². The van der Waals surface area contributed by atoms with Gasteiger partial charge in [-0.05, 0) is 24.3 Å². The van der Waals surface area contributed by atoms with Gasteiger partial charge in [-0.25, -0.2) is 0 Å². The molecule has 0 saturated heterocycles. The second-order valence-corrected chi connectivity index (χ2v) is 3.24. The lowest BCUT2D eigenvalue weighted by molar-refractivity contribution is 0.102. The van der Waals surface area contributed by atoms with Crippen LogP contribution in [-0.4, -0.2) is 26.3 Å². The predicted octanol–water partition coefficient (Wildman–Crippen LogP) is 1.14. The largest absolute Gasteiger partial charge is 0.504 e. The van der Waals surface area contributed by atoms with Crippen molar-refractivity contribution >= 4 is 11.7 Å². The van der Waals surface area contributed by atoms with Crippen molar-refractivity contribution in [2.75, 3.05) is 5.32 Å². The summed E-state index contributed by atoms with van der Waals surface area (Å²) in [7, 11) is 0. The molecule has 0 fully saturated rings. The molecule has 0 aliphatic carbocycles. The summed E-state index contributed by atoms with van der Waals surface area (Å²) in [5.41, 5.74) is -0.0318. The second-order valence-electron chi connectivity index (χ2n) is 3.24. The molecule has 3 N–H and O–H groups in total. The van der Waals surface area contributed by atoms with Crippen molar-refractivity contribution in [1.29, 1.82) is 0 Å². The number of nitrogens with zero attached hydrogens (tertiary/aromatic N) is 2. The number of anilines is 1. The highest BCUT2D eigenvalue weighted by atomic mass is 16.3. The Morgan fingerprint density at radius 3 is 2.71 bits per heavy atom. The zero-order valence-corrected chi connectivity index (χ0v) is 8.66. The standard InChI is InChI=1S/C11H9N3O3/c15-8-4-1-3-7(10(8)16)11(17)13-9-5-2-6-12-14-9/h1-6,15-16H,(H,13,14,17). The molecular formula is C11H9N3O3. The summed E-state index contributed by atoms with van der Waals surface area (Å²) in [5.74, 6) is -1.12. The molecule has 1 heterocycles. The van der Waals surface area contributed by atoms with E-state index in [9.17, 15) is 15.0 Å². The van der Waals surface area contributed by atoms with E-state index in [1.807, 2.05) is 0 Å². The third-order valence-electron chi connectivity index (χ3n) is 2.07. The normalized spacial score (nSPS) is 9.88. The lowest BCUT2D eigenvalue weighted by Gasteiger charge is -2.06. The molecule has 0 aliphatic heterocycles. The minimum Gasteiger partial charge on any atom is -0.504 e. The van der Waals surface area contributed by atoms with Crippen molar-refractivity contribution in [3.63, 3.8) is 0 Å². The zero-order chi connectivity index (χ0) is 12.3. The molecule has 1 aromatic carbocycles. The topological polar surface area (TPSA) is 95.3 Å².